The van der Waals surface area contributed by atoms with E-state index in [1.54, 1.807) is 36.0 Å². The predicted molar refractivity (Wildman–Crippen MR) is 108 cm³/mol. The Morgan fingerprint density at radius 3 is 2.72 bits per heavy atom. The lowest BCUT2D eigenvalue weighted by atomic mass is 10.0. The van der Waals surface area contributed by atoms with Gasteiger partial charge in [0.1, 0.15) is 11.5 Å². The van der Waals surface area contributed by atoms with Gasteiger partial charge in [-0.15, -0.1) is 11.3 Å². The van der Waals surface area contributed by atoms with E-state index in [0.717, 1.165) is 28.3 Å². The van der Waals surface area contributed by atoms with Crippen LogP contribution in [0.5, 0.6) is 0 Å². The van der Waals surface area contributed by atoms with Crippen molar-refractivity contribution in [3.05, 3.63) is 34.2 Å². The highest BCUT2D eigenvalue weighted by molar-refractivity contribution is 7.17. The zero-order valence-electron chi connectivity index (χ0n) is 16.6. The fraction of sp³-hybridized carbons (Fsp3) is 0.500. The molecule has 2 aromatic rings. The lowest BCUT2D eigenvalue weighted by Gasteiger charge is -2.27. The second-order valence-electron chi connectivity index (χ2n) is 8.13. The number of imidazole rings is 1. The zero-order chi connectivity index (χ0) is 20.3. The van der Waals surface area contributed by atoms with Crippen molar-refractivity contribution in [3.8, 4) is 0 Å². The van der Waals surface area contributed by atoms with Gasteiger partial charge in [-0.25, -0.2) is 4.98 Å². The van der Waals surface area contributed by atoms with Gasteiger partial charge in [-0.2, -0.15) is 0 Å². The van der Waals surface area contributed by atoms with Crippen molar-refractivity contribution in [2.45, 2.75) is 25.8 Å². The summed E-state index contributed by atoms with van der Waals surface area (Å²) in [7, 11) is 3.49. The Morgan fingerprint density at radius 2 is 2.03 bits per heavy atom. The number of amides is 3. The molecular weight excluding hydrogens is 390 g/mol. The third kappa shape index (κ3) is 3.04. The molecular formula is C20H23N5O3S. The van der Waals surface area contributed by atoms with Crippen molar-refractivity contribution in [1.82, 2.24) is 19.4 Å². The molecule has 0 aromatic carbocycles. The van der Waals surface area contributed by atoms with E-state index in [-0.39, 0.29) is 24.3 Å². The molecule has 5 rings (SSSR count). The highest BCUT2D eigenvalue weighted by atomic mass is 32.1. The summed E-state index contributed by atoms with van der Waals surface area (Å²) in [6.45, 7) is 1.78. The van der Waals surface area contributed by atoms with E-state index in [1.165, 1.54) is 16.2 Å². The Balaban J connectivity index is 1.51. The first-order chi connectivity index (χ1) is 13.9. The first kappa shape index (κ1) is 18.4. The summed E-state index contributed by atoms with van der Waals surface area (Å²) in [5.41, 5.74) is 1.67. The normalized spacial score (nSPS) is 19.3. The molecule has 2 aromatic heterocycles. The van der Waals surface area contributed by atoms with Gasteiger partial charge in [0.2, 0.25) is 5.91 Å². The SMILES string of the molecule is CN1CC(=O)N(CC2CC2)c2sc3c(c2C1=O)CCN(C(=O)c1nccn1C)C3. The van der Waals surface area contributed by atoms with Gasteiger partial charge in [-0.1, -0.05) is 0 Å². The Kier molecular flexibility index (Phi) is 4.23. The zero-order valence-corrected chi connectivity index (χ0v) is 17.4. The van der Waals surface area contributed by atoms with Gasteiger partial charge in [-0.05, 0) is 30.7 Å². The average Bonchev–Trinajstić information content (AvgIpc) is 3.32. The van der Waals surface area contributed by atoms with Crippen molar-refractivity contribution >= 4 is 34.1 Å². The third-order valence-electron chi connectivity index (χ3n) is 5.95. The molecule has 152 valence electrons. The molecule has 3 amide bonds. The molecule has 9 heteroatoms. The van der Waals surface area contributed by atoms with Gasteiger partial charge in [0, 0.05) is 44.5 Å². The number of fused-ring (bicyclic) bond motifs is 3. The van der Waals surface area contributed by atoms with Gasteiger partial charge in [0.15, 0.2) is 5.82 Å². The summed E-state index contributed by atoms with van der Waals surface area (Å²) in [4.78, 5) is 49.1. The number of thiophene rings is 1. The van der Waals surface area contributed by atoms with E-state index < -0.39 is 0 Å². The van der Waals surface area contributed by atoms with E-state index in [2.05, 4.69) is 4.98 Å². The van der Waals surface area contributed by atoms with Crippen molar-refractivity contribution < 1.29 is 14.4 Å². The quantitative estimate of drug-likeness (QED) is 0.764. The molecule has 0 atom stereocenters. The summed E-state index contributed by atoms with van der Waals surface area (Å²) in [5.74, 6) is 0.721. The van der Waals surface area contributed by atoms with Gasteiger partial charge in [-0.3, -0.25) is 14.4 Å². The number of carbonyl (C=O) groups is 3. The standard InChI is InChI=1S/C20H23N5O3S/c1-22-8-6-21-17(22)19(28)24-7-5-13-14(10-24)29-20-16(13)18(27)23(2)11-15(26)25(20)9-12-3-4-12/h6,8,12H,3-5,7,9-11H2,1-2H3. The largest absolute Gasteiger partial charge is 0.332 e. The van der Waals surface area contributed by atoms with Gasteiger partial charge >= 0.3 is 0 Å². The molecule has 0 unspecified atom stereocenters. The van der Waals surface area contributed by atoms with Crippen molar-refractivity contribution in [1.29, 1.82) is 0 Å². The first-order valence-electron chi connectivity index (χ1n) is 9.91. The number of hydrogen-bond acceptors (Lipinski definition) is 5. The fourth-order valence-electron chi connectivity index (χ4n) is 4.09. The molecule has 4 heterocycles. The molecule has 0 N–H and O–H groups in total. The second kappa shape index (κ2) is 6.69. The monoisotopic (exact) mass is 413 g/mol. The van der Waals surface area contributed by atoms with Crippen molar-refractivity contribution in [2.24, 2.45) is 13.0 Å². The molecule has 0 radical (unpaired) electrons. The van der Waals surface area contributed by atoms with E-state index >= 15 is 0 Å². The minimum absolute atomic E-state index is 0.0222. The number of carbonyl (C=O) groups excluding carboxylic acids is 3. The maximum absolute atomic E-state index is 13.1. The first-order valence-corrected chi connectivity index (χ1v) is 10.7. The minimum atomic E-state index is -0.110. The Labute approximate surface area is 172 Å². The fourth-order valence-corrected chi connectivity index (χ4v) is 5.47. The van der Waals surface area contributed by atoms with Crippen LogP contribution in [0.4, 0.5) is 5.00 Å². The van der Waals surface area contributed by atoms with Crippen LogP contribution in [0.1, 0.15) is 44.3 Å². The van der Waals surface area contributed by atoms with Crippen LogP contribution in [0.2, 0.25) is 0 Å². The molecule has 0 spiro atoms. The highest BCUT2D eigenvalue weighted by Crippen LogP contribution is 2.43. The van der Waals surface area contributed by atoms with Crippen molar-refractivity contribution in [2.75, 3.05) is 31.6 Å². The lowest BCUT2D eigenvalue weighted by molar-refractivity contribution is -0.119. The second-order valence-corrected chi connectivity index (χ2v) is 9.21. The Bertz CT molecular complexity index is 1020. The lowest BCUT2D eigenvalue weighted by Crippen LogP contribution is -2.39. The van der Waals surface area contributed by atoms with Crippen LogP contribution in [0.15, 0.2) is 12.4 Å². The molecule has 29 heavy (non-hydrogen) atoms. The Morgan fingerprint density at radius 1 is 1.24 bits per heavy atom. The van der Waals surface area contributed by atoms with Crippen LogP contribution in [-0.4, -0.2) is 63.8 Å². The smallest absolute Gasteiger partial charge is 0.290 e. The van der Waals surface area contributed by atoms with Crippen LogP contribution >= 0.6 is 11.3 Å². The predicted octanol–water partition coefficient (Wildman–Crippen LogP) is 1.51. The molecule has 3 aliphatic rings. The number of nitrogens with zero attached hydrogens (tertiary/aromatic N) is 5. The van der Waals surface area contributed by atoms with Crippen LogP contribution < -0.4 is 4.90 Å². The minimum Gasteiger partial charge on any atom is -0.332 e. The molecule has 8 nitrogen and oxygen atoms in total. The topological polar surface area (TPSA) is 78.8 Å². The van der Waals surface area contributed by atoms with Crippen LogP contribution in [0, 0.1) is 5.92 Å². The number of hydrogen-bond donors (Lipinski definition) is 0. The number of likely N-dealkylation sites (N-methyl/N-ethyl adjacent to an activating group) is 1. The summed E-state index contributed by atoms with van der Waals surface area (Å²) >= 11 is 1.50. The van der Waals surface area contributed by atoms with Gasteiger partial charge < -0.3 is 19.3 Å². The summed E-state index contributed by atoms with van der Waals surface area (Å²) in [6.07, 6.45) is 6.26. The van der Waals surface area contributed by atoms with Gasteiger partial charge in [0.05, 0.1) is 12.1 Å². The summed E-state index contributed by atoms with van der Waals surface area (Å²) in [5, 5.41) is 0.771. The number of aryl methyl sites for hydroxylation is 1. The highest BCUT2D eigenvalue weighted by Gasteiger charge is 2.39. The molecule has 0 bridgehead atoms. The summed E-state index contributed by atoms with van der Waals surface area (Å²) in [6, 6.07) is 0. The van der Waals surface area contributed by atoms with Crippen molar-refractivity contribution in [3.63, 3.8) is 0 Å². The van der Waals surface area contributed by atoms with Crippen LogP contribution in [0.3, 0.4) is 0 Å². The molecule has 0 saturated heterocycles. The maximum atomic E-state index is 13.1. The Hall–Kier alpha value is -2.68. The summed E-state index contributed by atoms with van der Waals surface area (Å²) < 4.78 is 1.72. The third-order valence-corrected chi connectivity index (χ3v) is 7.19. The average molecular weight is 414 g/mol. The van der Waals surface area contributed by atoms with E-state index in [9.17, 15) is 14.4 Å². The van der Waals surface area contributed by atoms with Crippen LogP contribution in [-0.2, 0) is 24.8 Å². The molecule has 1 fully saturated rings. The number of rotatable bonds is 3. The van der Waals surface area contributed by atoms with E-state index in [0.29, 0.717) is 43.4 Å². The van der Waals surface area contributed by atoms with E-state index in [4.69, 9.17) is 0 Å². The molecule has 1 saturated carbocycles. The maximum Gasteiger partial charge on any atom is 0.290 e. The van der Waals surface area contributed by atoms with Gasteiger partial charge in [0.25, 0.3) is 11.8 Å². The number of anilines is 1. The molecule has 2 aliphatic heterocycles. The van der Waals surface area contributed by atoms with Crippen LogP contribution in [0.25, 0.3) is 0 Å². The van der Waals surface area contributed by atoms with E-state index in [1.807, 2.05) is 4.90 Å². The molecule has 1 aliphatic carbocycles. The number of aromatic nitrogens is 2.